The van der Waals surface area contributed by atoms with E-state index in [2.05, 4.69) is 32.9 Å². The molecule has 0 heterocycles. The highest BCUT2D eigenvalue weighted by atomic mass is 16.6. The van der Waals surface area contributed by atoms with Crippen LogP contribution >= 0.6 is 0 Å². The summed E-state index contributed by atoms with van der Waals surface area (Å²) in [5.41, 5.74) is 1.14. The van der Waals surface area contributed by atoms with Gasteiger partial charge in [-0.05, 0) is 25.7 Å². The molecule has 0 fully saturated rings. The third-order valence-electron chi connectivity index (χ3n) is 1.55. The molecule has 0 saturated heterocycles. The van der Waals surface area contributed by atoms with Gasteiger partial charge in [-0.15, -0.1) is 0 Å². The second-order valence-corrected chi connectivity index (χ2v) is 3.98. The van der Waals surface area contributed by atoms with Gasteiger partial charge in [-0.25, -0.2) is 0 Å². The fourth-order valence-electron chi connectivity index (χ4n) is 1.04. The average molecular weight is 171 g/mol. The highest BCUT2D eigenvalue weighted by Crippen LogP contribution is 2.08. The lowest BCUT2D eigenvalue weighted by Crippen LogP contribution is -2.16. The van der Waals surface area contributed by atoms with E-state index < -0.39 is 0 Å². The molecule has 0 unspecified atom stereocenters. The zero-order valence-electron chi connectivity index (χ0n) is 9.09. The maximum Gasteiger partial charge on any atom is 0.122 e. The van der Waals surface area contributed by atoms with Crippen LogP contribution in [0.5, 0.6) is 0 Å². The van der Waals surface area contributed by atoms with Gasteiger partial charge in [0.15, 0.2) is 0 Å². The summed E-state index contributed by atoms with van der Waals surface area (Å²) in [6.45, 7) is 12.5. The molecule has 0 aromatic heterocycles. The van der Waals surface area contributed by atoms with E-state index in [-0.39, 0.29) is 6.10 Å². The Labute approximate surface area is 76.0 Å². The lowest BCUT2D eigenvalue weighted by molar-refractivity contribution is 0.0837. The average Bonchev–Trinajstić information content (AvgIpc) is 1.84. The Balaban J connectivity index is 4.19. The summed E-state index contributed by atoms with van der Waals surface area (Å²) < 4.78 is 0. The zero-order chi connectivity index (χ0) is 9.72. The molecule has 0 aliphatic heterocycles. The molecule has 0 aromatic carbocycles. The van der Waals surface area contributed by atoms with E-state index in [0.29, 0.717) is 11.8 Å². The molecule has 0 aliphatic carbocycles. The first-order valence-corrected chi connectivity index (χ1v) is 4.68. The van der Waals surface area contributed by atoms with Gasteiger partial charge >= 0.3 is 0 Å². The summed E-state index contributed by atoms with van der Waals surface area (Å²) in [6.07, 6.45) is 0.178. The predicted octanol–water partition coefficient (Wildman–Crippen LogP) is 3.08. The Bertz CT molecular complexity index is 138. The second-order valence-electron chi connectivity index (χ2n) is 3.98. The molecule has 2 nitrogen and oxygen atoms in total. The Kier molecular flexibility index (Phi) is 4.95. The van der Waals surface area contributed by atoms with Gasteiger partial charge in [-0.2, -0.15) is 0 Å². The van der Waals surface area contributed by atoms with Crippen molar-refractivity contribution in [1.82, 2.24) is 0 Å². The Morgan fingerprint density at radius 1 is 0.917 bits per heavy atom. The fraction of sp³-hybridized carbons (Fsp3) is 0.900. The SMILES string of the molecule is CC(C)ON=C(C(C)C)C(C)C. The van der Waals surface area contributed by atoms with Gasteiger partial charge in [0.2, 0.25) is 0 Å². The van der Waals surface area contributed by atoms with E-state index in [0.717, 1.165) is 5.71 Å². The molecule has 0 saturated carbocycles. The van der Waals surface area contributed by atoms with Gasteiger partial charge < -0.3 is 4.84 Å². The topological polar surface area (TPSA) is 21.6 Å². The van der Waals surface area contributed by atoms with E-state index >= 15 is 0 Å². The smallest absolute Gasteiger partial charge is 0.122 e. The minimum absolute atomic E-state index is 0.178. The molecule has 12 heavy (non-hydrogen) atoms. The number of oxime groups is 1. The monoisotopic (exact) mass is 171 g/mol. The summed E-state index contributed by atoms with van der Waals surface area (Å²) in [7, 11) is 0. The minimum atomic E-state index is 0.178. The first-order valence-electron chi connectivity index (χ1n) is 4.68. The van der Waals surface area contributed by atoms with Crippen molar-refractivity contribution in [2.24, 2.45) is 17.0 Å². The second kappa shape index (κ2) is 5.18. The Morgan fingerprint density at radius 3 is 1.58 bits per heavy atom. The molecule has 0 bridgehead atoms. The van der Waals surface area contributed by atoms with Crippen LogP contribution in [0.25, 0.3) is 0 Å². The molecule has 0 amide bonds. The van der Waals surface area contributed by atoms with E-state index in [4.69, 9.17) is 4.84 Å². The van der Waals surface area contributed by atoms with Gasteiger partial charge in [0.05, 0.1) is 5.71 Å². The maximum absolute atomic E-state index is 5.21. The van der Waals surface area contributed by atoms with Crippen molar-refractivity contribution in [2.45, 2.75) is 47.6 Å². The minimum Gasteiger partial charge on any atom is -0.393 e. The number of hydrogen-bond donors (Lipinski definition) is 0. The molecule has 0 aromatic rings. The quantitative estimate of drug-likeness (QED) is 0.470. The molecule has 0 atom stereocenters. The third-order valence-corrected chi connectivity index (χ3v) is 1.55. The summed E-state index contributed by atoms with van der Waals surface area (Å²) in [5, 5.41) is 4.14. The first kappa shape index (κ1) is 11.5. The number of nitrogens with zero attached hydrogens (tertiary/aromatic N) is 1. The number of rotatable bonds is 4. The standard InChI is InChI=1S/C10H21NO/c1-7(2)10(8(3)4)11-12-9(5)6/h7-9H,1-6H3. The van der Waals surface area contributed by atoms with Crippen LogP contribution in [-0.2, 0) is 4.84 Å². The largest absolute Gasteiger partial charge is 0.393 e. The van der Waals surface area contributed by atoms with Crippen molar-refractivity contribution in [3.8, 4) is 0 Å². The van der Waals surface area contributed by atoms with Crippen molar-refractivity contribution in [2.75, 3.05) is 0 Å². The zero-order valence-corrected chi connectivity index (χ0v) is 9.09. The molecular formula is C10H21NO. The van der Waals surface area contributed by atoms with Crippen molar-refractivity contribution in [3.63, 3.8) is 0 Å². The summed E-state index contributed by atoms with van der Waals surface area (Å²) in [6, 6.07) is 0. The Morgan fingerprint density at radius 2 is 1.33 bits per heavy atom. The summed E-state index contributed by atoms with van der Waals surface area (Å²) >= 11 is 0. The van der Waals surface area contributed by atoms with Crippen molar-refractivity contribution in [1.29, 1.82) is 0 Å². The van der Waals surface area contributed by atoms with Gasteiger partial charge in [0.25, 0.3) is 0 Å². The van der Waals surface area contributed by atoms with Crippen LogP contribution < -0.4 is 0 Å². The normalized spacial score (nSPS) is 11.1. The van der Waals surface area contributed by atoms with Crippen molar-refractivity contribution < 1.29 is 4.84 Å². The molecule has 0 aliphatic rings. The fourth-order valence-corrected chi connectivity index (χ4v) is 1.04. The van der Waals surface area contributed by atoms with E-state index in [9.17, 15) is 0 Å². The molecule has 0 radical (unpaired) electrons. The predicted molar refractivity (Wildman–Crippen MR) is 53.3 cm³/mol. The number of hydrogen-bond acceptors (Lipinski definition) is 2. The van der Waals surface area contributed by atoms with Gasteiger partial charge in [0, 0.05) is 0 Å². The lowest BCUT2D eigenvalue weighted by atomic mass is 9.98. The van der Waals surface area contributed by atoms with Crippen LogP contribution in [0.1, 0.15) is 41.5 Å². The van der Waals surface area contributed by atoms with Crippen LogP contribution in [0, 0.1) is 11.8 Å². The molecule has 0 spiro atoms. The molecule has 72 valence electrons. The van der Waals surface area contributed by atoms with E-state index in [1.807, 2.05) is 13.8 Å². The van der Waals surface area contributed by atoms with Gasteiger partial charge in [0.1, 0.15) is 6.10 Å². The van der Waals surface area contributed by atoms with Crippen LogP contribution in [0.4, 0.5) is 0 Å². The third kappa shape index (κ3) is 4.37. The highest BCUT2D eigenvalue weighted by molar-refractivity contribution is 5.87. The summed E-state index contributed by atoms with van der Waals surface area (Å²) in [4.78, 5) is 5.21. The molecule has 0 N–H and O–H groups in total. The van der Waals surface area contributed by atoms with Gasteiger partial charge in [-0.3, -0.25) is 0 Å². The van der Waals surface area contributed by atoms with E-state index in [1.165, 1.54) is 0 Å². The Hall–Kier alpha value is -0.530. The highest BCUT2D eigenvalue weighted by Gasteiger charge is 2.10. The van der Waals surface area contributed by atoms with E-state index in [1.54, 1.807) is 0 Å². The molecular weight excluding hydrogens is 150 g/mol. The maximum atomic E-state index is 5.21. The molecule has 2 heteroatoms. The first-order chi connectivity index (χ1) is 5.45. The van der Waals surface area contributed by atoms with Crippen LogP contribution in [0.3, 0.4) is 0 Å². The van der Waals surface area contributed by atoms with Crippen molar-refractivity contribution >= 4 is 5.71 Å². The van der Waals surface area contributed by atoms with Crippen LogP contribution in [0.15, 0.2) is 5.16 Å². The van der Waals surface area contributed by atoms with Crippen LogP contribution in [0.2, 0.25) is 0 Å². The molecule has 0 rings (SSSR count). The van der Waals surface area contributed by atoms with Crippen molar-refractivity contribution in [3.05, 3.63) is 0 Å². The van der Waals surface area contributed by atoms with Crippen LogP contribution in [-0.4, -0.2) is 11.8 Å². The summed E-state index contributed by atoms with van der Waals surface area (Å²) in [5.74, 6) is 0.951. The van der Waals surface area contributed by atoms with Gasteiger partial charge in [-0.1, -0.05) is 32.9 Å². The lowest BCUT2D eigenvalue weighted by Gasteiger charge is -2.14.